The van der Waals surface area contributed by atoms with Gasteiger partial charge in [-0.2, -0.15) is 0 Å². The number of anilines is 3. The van der Waals surface area contributed by atoms with Crippen molar-refractivity contribution in [2.75, 3.05) is 4.90 Å². The molecule has 0 saturated carbocycles. The summed E-state index contributed by atoms with van der Waals surface area (Å²) >= 11 is 0. The van der Waals surface area contributed by atoms with Gasteiger partial charge < -0.3 is 9.32 Å². The summed E-state index contributed by atoms with van der Waals surface area (Å²) in [5.41, 5.74) is 15.7. The minimum atomic E-state index is -0.0639. The van der Waals surface area contributed by atoms with Crippen molar-refractivity contribution in [3.05, 3.63) is 193 Å². The van der Waals surface area contributed by atoms with Gasteiger partial charge in [0.15, 0.2) is 5.58 Å². The van der Waals surface area contributed by atoms with Crippen LogP contribution in [-0.2, 0) is 5.41 Å². The Bertz CT molecular complexity index is 2800. The van der Waals surface area contributed by atoms with Gasteiger partial charge in [0.05, 0.1) is 5.69 Å². The topological polar surface area (TPSA) is 29.3 Å². The second-order valence-electron chi connectivity index (χ2n) is 14.4. The highest BCUT2D eigenvalue weighted by molar-refractivity contribution is 6.10. The smallest absolute Gasteiger partial charge is 0.227 e. The molecule has 1 heterocycles. The maximum absolute atomic E-state index is 6.52. The summed E-state index contributed by atoms with van der Waals surface area (Å²) in [6.45, 7) is 4.67. The molecule has 8 aromatic carbocycles. The zero-order chi connectivity index (χ0) is 35.5. The van der Waals surface area contributed by atoms with E-state index in [-0.39, 0.29) is 5.41 Å². The first-order valence-electron chi connectivity index (χ1n) is 18.2. The van der Waals surface area contributed by atoms with Gasteiger partial charge >= 0.3 is 0 Å². The first-order valence-corrected chi connectivity index (χ1v) is 18.2. The molecule has 1 aliphatic carbocycles. The van der Waals surface area contributed by atoms with Gasteiger partial charge in [0.2, 0.25) is 5.89 Å². The van der Waals surface area contributed by atoms with Gasteiger partial charge in [-0.05, 0) is 87.3 Å². The fourth-order valence-electron chi connectivity index (χ4n) is 8.26. The van der Waals surface area contributed by atoms with E-state index in [1.54, 1.807) is 0 Å². The lowest BCUT2D eigenvalue weighted by atomic mass is 9.82. The highest BCUT2D eigenvalue weighted by Gasteiger charge is 2.35. The van der Waals surface area contributed by atoms with Crippen molar-refractivity contribution in [2.45, 2.75) is 19.3 Å². The van der Waals surface area contributed by atoms with Crippen LogP contribution in [0.1, 0.15) is 25.0 Å². The van der Waals surface area contributed by atoms with E-state index in [0.717, 1.165) is 55.6 Å². The normalized spacial score (nSPS) is 12.9. The maximum Gasteiger partial charge on any atom is 0.227 e. The minimum absolute atomic E-state index is 0.0639. The average Bonchev–Trinajstić information content (AvgIpc) is 3.77. The molecule has 3 nitrogen and oxygen atoms in total. The largest absolute Gasteiger partial charge is 0.435 e. The van der Waals surface area contributed by atoms with Crippen LogP contribution in [0.4, 0.5) is 17.1 Å². The fourth-order valence-corrected chi connectivity index (χ4v) is 8.26. The Hall–Kier alpha value is -6.71. The molecular formula is C50H36N2O. The van der Waals surface area contributed by atoms with Crippen LogP contribution >= 0.6 is 0 Å². The first kappa shape index (κ1) is 31.1. The van der Waals surface area contributed by atoms with Crippen LogP contribution in [0.3, 0.4) is 0 Å². The molecule has 1 aliphatic rings. The molecular weight excluding hydrogens is 645 g/mol. The lowest BCUT2D eigenvalue weighted by Crippen LogP contribution is -2.15. The second kappa shape index (κ2) is 12.2. The minimum Gasteiger partial charge on any atom is -0.435 e. The highest BCUT2D eigenvalue weighted by Crippen LogP contribution is 2.51. The molecule has 53 heavy (non-hydrogen) atoms. The van der Waals surface area contributed by atoms with E-state index in [1.807, 2.05) is 30.3 Å². The van der Waals surface area contributed by atoms with Crippen LogP contribution in [-0.4, -0.2) is 4.98 Å². The third kappa shape index (κ3) is 5.08. The number of rotatable bonds is 6. The third-order valence-corrected chi connectivity index (χ3v) is 10.9. The van der Waals surface area contributed by atoms with E-state index in [2.05, 4.69) is 170 Å². The van der Waals surface area contributed by atoms with Gasteiger partial charge in [0, 0.05) is 38.9 Å². The standard InChI is InChI=1S/C50H36N2O/c1-50(2)44-23-13-11-22-41(44)43-32-38(29-30-45(43)50)52(46-24-14-12-20-39(46)33-15-5-3-6-16-33)37-27-25-34(26-28-37)42-31-36-19-9-10-21-40(36)48-47(42)51-49(53-48)35-17-7-4-8-18-35/h3-32H,1-2H3. The van der Waals surface area contributed by atoms with Crippen molar-refractivity contribution in [3.63, 3.8) is 0 Å². The van der Waals surface area contributed by atoms with Crippen molar-refractivity contribution in [2.24, 2.45) is 0 Å². The Morgan fingerprint density at radius 2 is 1.08 bits per heavy atom. The molecule has 10 rings (SSSR count). The van der Waals surface area contributed by atoms with Crippen LogP contribution in [0, 0.1) is 0 Å². The number of hydrogen-bond acceptors (Lipinski definition) is 3. The Kier molecular flexibility index (Phi) is 7.16. The molecule has 0 amide bonds. The van der Waals surface area contributed by atoms with Crippen LogP contribution < -0.4 is 4.90 Å². The molecule has 1 aromatic heterocycles. The Morgan fingerprint density at radius 1 is 0.472 bits per heavy atom. The van der Waals surface area contributed by atoms with E-state index in [9.17, 15) is 0 Å². The van der Waals surface area contributed by atoms with Gasteiger partial charge in [-0.25, -0.2) is 4.98 Å². The van der Waals surface area contributed by atoms with Gasteiger partial charge in [-0.3, -0.25) is 0 Å². The summed E-state index contributed by atoms with van der Waals surface area (Å²) in [4.78, 5) is 7.50. The molecule has 0 fully saturated rings. The number of para-hydroxylation sites is 1. The maximum atomic E-state index is 6.52. The number of aromatic nitrogens is 1. The Morgan fingerprint density at radius 3 is 1.87 bits per heavy atom. The average molecular weight is 681 g/mol. The molecule has 3 heteroatoms. The summed E-state index contributed by atoms with van der Waals surface area (Å²) in [6.07, 6.45) is 0. The summed E-state index contributed by atoms with van der Waals surface area (Å²) < 4.78 is 6.52. The molecule has 252 valence electrons. The highest BCUT2D eigenvalue weighted by atomic mass is 16.3. The number of benzene rings is 8. The Labute approximate surface area is 309 Å². The van der Waals surface area contributed by atoms with Crippen LogP contribution in [0.15, 0.2) is 186 Å². The van der Waals surface area contributed by atoms with E-state index in [1.165, 1.54) is 33.4 Å². The SMILES string of the molecule is CC1(C)c2ccccc2-c2cc(N(c3ccc(-c4cc5ccccc5c5oc(-c6ccccc6)nc45)cc3)c3ccccc3-c3ccccc3)ccc21. The summed E-state index contributed by atoms with van der Waals surface area (Å²) in [5.74, 6) is 0.625. The van der Waals surface area contributed by atoms with E-state index >= 15 is 0 Å². The molecule has 0 radical (unpaired) electrons. The van der Waals surface area contributed by atoms with Crippen molar-refractivity contribution >= 4 is 38.9 Å². The molecule has 0 N–H and O–H groups in total. The number of fused-ring (bicyclic) bond motifs is 6. The van der Waals surface area contributed by atoms with Gasteiger partial charge in [0.1, 0.15) is 5.52 Å². The molecule has 9 aromatic rings. The van der Waals surface area contributed by atoms with Crippen LogP contribution in [0.25, 0.3) is 66.7 Å². The van der Waals surface area contributed by atoms with Gasteiger partial charge in [0.25, 0.3) is 0 Å². The van der Waals surface area contributed by atoms with Crippen molar-refractivity contribution < 1.29 is 4.42 Å². The molecule has 0 spiro atoms. The third-order valence-electron chi connectivity index (χ3n) is 10.9. The van der Waals surface area contributed by atoms with Crippen LogP contribution in [0.5, 0.6) is 0 Å². The fraction of sp³-hybridized carbons (Fsp3) is 0.0600. The van der Waals surface area contributed by atoms with Gasteiger partial charge in [-0.1, -0.05) is 147 Å². The summed E-state index contributed by atoms with van der Waals surface area (Å²) in [6, 6.07) is 64.9. The molecule has 0 bridgehead atoms. The zero-order valence-corrected chi connectivity index (χ0v) is 29.6. The summed E-state index contributed by atoms with van der Waals surface area (Å²) in [7, 11) is 0. The predicted octanol–water partition coefficient (Wildman–Crippen LogP) is 13.8. The molecule has 0 aliphatic heterocycles. The molecule has 0 atom stereocenters. The van der Waals surface area contributed by atoms with Crippen molar-refractivity contribution in [3.8, 4) is 44.8 Å². The van der Waals surface area contributed by atoms with E-state index in [0.29, 0.717) is 5.89 Å². The Balaban J connectivity index is 1.15. The van der Waals surface area contributed by atoms with Gasteiger partial charge in [-0.15, -0.1) is 0 Å². The lowest BCUT2D eigenvalue weighted by molar-refractivity contribution is 0.623. The first-order chi connectivity index (χ1) is 26.0. The number of oxazole rings is 1. The van der Waals surface area contributed by atoms with Crippen molar-refractivity contribution in [1.29, 1.82) is 0 Å². The lowest BCUT2D eigenvalue weighted by Gasteiger charge is -2.29. The molecule has 0 unspecified atom stereocenters. The number of hydrogen-bond donors (Lipinski definition) is 0. The zero-order valence-electron chi connectivity index (χ0n) is 29.6. The predicted molar refractivity (Wildman–Crippen MR) is 220 cm³/mol. The van der Waals surface area contributed by atoms with E-state index < -0.39 is 0 Å². The quantitative estimate of drug-likeness (QED) is 0.175. The van der Waals surface area contributed by atoms with Crippen LogP contribution in [0.2, 0.25) is 0 Å². The second-order valence-corrected chi connectivity index (χ2v) is 14.4. The molecule has 0 saturated heterocycles. The number of nitrogens with zero attached hydrogens (tertiary/aromatic N) is 2. The van der Waals surface area contributed by atoms with Crippen molar-refractivity contribution in [1.82, 2.24) is 4.98 Å². The monoisotopic (exact) mass is 680 g/mol. The van der Waals surface area contributed by atoms with E-state index in [4.69, 9.17) is 9.40 Å². The summed E-state index contributed by atoms with van der Waals surface area (Å²) in [5, 5.41) is 2.18.